The first-order chi connectivity index (χ1) is 24.8. The summed E-state index contributed by atoms with van der Waals surface area (Å²) >= 11 is 0. The highest BCUT2D eigenvalue weighted by Gasteiger charge is 2.21. The van der Waals surface area contributed by atoms with Crippen molar-refractivity contribution < 1.29 is 4.42 Å². The topological polar surface area (TPSA) is 56.7 Å². The Hall–Kier alpha value is -6.85. The van der Waals surface area contributed by atoms with E-state index in [1.807, 2.05) is 72.8 Å². The average molecular weight is 641 g/mol. The predicted molar refractivity (Wildman–Crippen MR) is 203 cm³/mol. The van der Waals surface area contributed by atoms with E-state index >= 15 is 0 Å². The van der Waals surface area contributed by atoms with Gasteiger partial charge in [0.15, 0.2) is 23.1 Å². The van der Waals surface area contributed by atoms with Gasteiger partial charge >= 0.3 is 0 Å². The van der Waals surface area contributed by atoms with Crippen LogP contribution in [0.4, 0.5) is 0 Å². The van der Waals surface area contributed by atoms with E-state index < -0.39 is 0 Å². The van der Waals surface area contributed by atoms with Crippen LogP contribution in [0, 0.1) is 0 Å². The van der Waals surface area contributed by atoms with Crippen molar-refractivity contribution >= 4 is 43.7 Å². The molecule has 0 saturated carbocycles. The lowest BCUT2D eigenvalue weighted by Gasteiger charge is -2.10. The zero-order chi connectivity index (χ0) is 33.0. The van der Waals surface area contributed by atoms with Gasteiger partial charge in [-0.1, -0.05) is 146 Å². The third-order valence-corrected chi connectivity index (χ3v) is 9.46. The van der Waals surface area contributed by atoms with Crippen LogP contribution in [-0.4, -0.2) is 19.5 Å². The molecule has 0 amide bonds. The van der Waals surface area contributed by atoms with Gasteiger partial charge in [0.1, 0.15) is 5.58 Å². The number of fused-ring (bicyclic) bond motifs is 6. The number of para-hydroxylation sites is 2. The van der Waals surface area contributed by atoms with Crippen LogP contribution in [0.25, 0.3) is 94.7 Å². The molecular formula is C45H28N4O. The Kier molecular flexibility index (Phi) is 6.42. The van der Waals surface area contributed by atoms with Crippen molar-refractivity contribution in [3.8, 4) is 51.0 Å². The summed E-state index contributed by atoms with van der Waals surface area (Å²) < 4.78 is 9.16. The van der Waals surface area contributed by atoms with Crippen LogP contribution in [0.3, 0.4) is 0 Å². The Labute approximate surface area is 287 Å². The molecule has 3 heterocycles. The Morgan fingerprint density at radius 3 is 1.70 bits per heavy atom. The molecule has 0 atom stereocenters. The lowest BCUT2D eigenvalue weighted by atomic mass is 10.0. The largest absolute Gasteiger partial charge is 0.454 e. The van der Waals surface area contributed by atoms with Crippen molar-refractivity contribution in [3.05, 3.63) is 170 Å². The van der Waals surface area contributed by atoms with Crippen LogP contribution in [0.15, 0.2) is 174 Å². The van der Waals surface area contributed by atoms with Crippen molar-refractivity contribution in [3.63, 3.8) is 0 Å². The Morgan fingerprint density at radius 2 is 0.980 bits per heavy atom. The summed E-state index contributed by atoms with van der Waals surface area (Å²) in [6, 6.07) is 58.5. The monoisotopic (exact) mass is 640 g/mol. The summed E-state index contributed by atoms with van der Waals surface area (Å²) in [5, 5.41) is 4.37. The van der Waals surface area contributed by atoms with Crippen LogP contribution >= 0.6 is 0 Å². The Bertz CT molecular complexity index is 2800. The van der Waals surface area contributed by atoms with E-state index in [0.717, 1.165) is 55.3 Å². The van der Waals surface area contributed by atoms with Crippen LogP contribution < -0.4 is 0 Å². The lowest BCUT2D eigenvalue weighted by molar-refractivity contribution is 0.666. The first kappa shape index (κ1) is 28.2. The molecule has 234 valence electrons. The summed E-state index contributed by atoms with van der Waals surface area (Å²) in [7, 11) is 0. The Balaban J connectivity index is 1.23. The molecule has 50 heavy (non-hydrogen) atoms. The molecular weight excluding hydrogens is 613 g/mol. The van der Waals surface area contributed by atoms with Gasteiger partial charge in [-0.05, 0) is 35.4 Å². The number of rotatable bonds is 5. The van der Waals surface area contributed by atoms with Crippen LogP contribution in [0.2, 0.25) is 0 Å². The van der Waals surface area contributed by atoms with Gasteiger partial charge in [-0.15, -0.1) is 0 Å². The second-order valence-corrected chi connectivity index (χ2v) is 12.4. The number of hydrogen-bond donors (Lipinski definition) is 0. The summed E-state index contributed by atoms with van der Waals surface area (Å²) in [6.07, 6.45) is 0. The summed E-state index contributed by atoms with van der Waals surface area (Å²) in [6.45, 7) is 0. The molecule has 0 radical (unpaired) electrons. The zero-order valence-electron chi connectivity index (χ0n) is 26.9. The normalized spacial score (nSPS) is 11.6. The molecule has 0 saturated heterocycles. The van der Waals surface area contributed by atoms with Crippen molar-refractivity contribution in [1.29, 1.82) is 0 Å². The van der Waals surface area contributed by atoms with E-state index in [4.69, 9.17) is 19.4 Å². The van der Waals surface area contributed by atoms with E-state index in [1.54, 1.807) is 0 Å². The minimum Gasteiger partial charge on any atom is -0.454 e. The first-order valence-electron chi connectivity index (χ1n) is 16.7. The second-order valence-electron chi connectivity index (χ2n) is 12.4. The number of furan rings is 1. The molecule has 10 aromatic rings. The number of nitrogens with zero attached hydrogens (tertiary/aromatic N) is 4. The molecule has 0 aliphatic rings. The fraction of sp³-hybridized carbons (Fsp3) is 0. The minimum atomic E-state index is 0.598. The molecule has 5 nitrogen and oxygen atoms in total. The van der Waals surface area contributed by atoms with Crippen LogP contribution in [0.5, 0.6) is 0 Å². The third-order valence-electron chi connectivity index (χ3n) is 9.46. The minimum absolute atomic E-state index is 0.598. The molecule has 0 unspecified atom stereocenters. The van der Waals surface area contributed by atoms with Gasteiger partial charge in [0, 0.05) is 38.2 Å². The number of benzene rings is 7. The van der Waals surface area contributed by atoms with E-state index in [0.29, 0.717) is 17.5 Å². The SMILES string of the molecule is c1ccc(-c2ccc3c4ccccc4n(-c4cccc5c4oc4cccc(-c6nc(-c7ccccc7)nc(-c7ccccc7)n6)c45)c3c2)cc1. The lowest BCUT2D eigenvalue weighted by Crippen LogP contribution is -2.00. The van der Waals surface area contributed by atoms with Crippen LogP contribution in [0.1, 0.15) is 0 Å². The quantitative estimate of drug-likeness (QED) is 0.188. The van der Waals surface area contributed by atoms with Crippen LogP contribution in [-0.2, 0) is 0 Å². The van der Waals surface area contributed by atoms with E-state index in [9.17, 15) is 0 Å². The molecule has 0 bridgehead atoms. The fourth-order valence-corrected chi connectivity index (χ4v) is 7.16. The summed E-state index contributed by atoms with van der Waals surface area (Å²) in [4.78, 5) is 15.0. The van der Waals surface area contributed by atoms with E-state index in [2.05, 4.69) is 102 Å². The van der Waals surface area contributed by atoms with Gasteiger partial charge in [-0.3, -0.25) is 0 Å². The molecule has 5 heteroatoms. The van der Waals surface area contributed by atoms with Crippen molar-refractivity contribution in [2.24, 2.45) is 0 Å². The molecule has 3 aromatic heterocycles. The smallest absolute Gasteiger partial charge is 0.164 e. The summed E-state index contributed by atoms with van der Waals surface area (Å²) in [5.74, 6) is 1.85. The number of aromatic nitrogens is 4. The van der Waals surface area contributed by atoms with Gasteiger partial charge < -0.3 is 8.98 Å². The molecule has 0 aliphatic carbocycles. The molecule has 0 fully saturated rings. The molecule has 7 aromatic carbocycles. The second kappa shape index (κ2) is 11.4. The maximum atomic E-state index is 6.82. The molecule has 0 spiro atoms. The van der Waals surface area contributed by atoms with Crippen molar-refractivity contribution in [1.82, 2.24) is 19.5 Å². The van der Waals surface area contributed by atoms with Gasteiger partial charge in [0.2, 0.25) is 0 Å². The Morgan fingerprint density at radius 1 is 0.400 bits per heavy atom. The zero-order valence-corrected chi connectivity index (χ0v) is 26.9. The average Bonchev–Trinajstić information content (AvgIpc) is 3.74. The molecule has 0 N–H and O–H groups in total. The van der Waals surface area contributed by atoms with Gasteiger partial charge in [0.05, 0.1) is 16.7 Å². The highest BCUT2D eigenvalue weighted by Crippen LogP contribution is 2.41. The summed E-state index contributed by atoms with van der Waals surface area (Å²) in [5.41, 5.74) is 9.91. The predicted octanol–water partition coefficient (Wildman–Crippen LogP) is 11.5. The van der Waals surface area contributed by atoms with Crippen molar-refractivity contribution in [2.45, 2.75) is 0 Å². The highest BCUT2D eigenvalue weighted by molar-refractivity contribution is 6.16. The maximum absolute atomic E-state index is 6.82. The first-order valence-corrected chi connectivity index (χ1v) is 16.7. The fourth-order valence-electron chi connectivity index (χ4n) is 7.16. The molecule has 10 rings (SSSR count). The van der Waals surface area contributed by atoms with Gasteiger partial charge in [-0.25, -0.2) is 15.0 Å². The van der Waals surface area contributed by atoms with Gasteiger partial charge in [-0.2, -0.15) is 0 Å². The van der Waals surface area contributed by atoms with E-state index in [-0.39, 0.29) is 0 Å². The standard InChI is InChI=1S/C45H28N4O/c1-4-14-29(15-5-1)32-26-27-34-33-20-10-11-23-37(33)49(39(34)28-32)38-24-12-21-35-41-36(22-13-25-40(41)50-42(35)38)45-47-43(30-16-6-2-7-17-30)46-44(48-45)31-18-8-3-9-19-31/h1-28H. The van der Waals surface area contributed by atoms with Gasteiger partial charge in [0.25, 0.3) is 0 Å². The van der Waals surface area contributed by atoms with Crippen molar-refractivity contribution in [2.75, 3.05) is 0 Å². The highest BCUT2D eigenvalue weighted by atomic mass is 16.3. The molecule has 0 aliphatic heterocycles. The maximum Gasteiger partial charge on any atom is 0.164 e. The third kappa shape index (κ3) is 4.52. The number of hydrogen-bond acceptors (Lipinski definition) is 4. The van der Waals surface area contributed by atoms with E-state index in [1.165, 1.54) is 21.9 Å².